The molecule has 0 radical (unpaired) electrons. The van der Waals surface area contributed by atoms with Gasteiger partial charge in [0.05, 0.1) is 10.6 Å². The number of nitrogens with two attached hydrogens (primary N) is 1. The predicted molar refractivity (Wildman–Crippen MR) is 58.7 cm³/mol. The van der Waals surface area contributed by atoms with Crippen LogP contribution in [0.5, 0.6) is 0 Å². The van der Waals surface area contributed by atoms with Crippen LogP contribution < -0.4 is 10.5 Å². The number of nitro groups is 1. The number of nitrogen functional groups attached to an aromatic ring is 1. The van der Waals surface area contributed by atoms with E-state index in [1.54, 1.807) is 0 Å². The fourth-order valence-electron chi connectivity index (χ4n) is 1.14. The first kappa shape index (κ1) is 13.3. The number of hydrogen-bond acceptors (Lipinski definition) is 5. The Morgan fingerprint density at radius 1 is 1.47 bits per heavy atom. The predicted octanol–water partition coefficient (Wildman–Crippen LogP) is 0.425. The van der Waals surface area contributed by atoms with E-state index in [0.717, 1.165) is 18.2 Å². The summed E-state index contributed by atoms with van der Waals surface area (Å²) in [5.74, 6) is 0. The molecule has 94 valence electrons. The Bertz CT molecular complexity index is 532. The van der Waals surface area contributed by atoms with Crippen molar-refractivity contribution in [3.63, 3.8) is 0 Å². The average Bonchev–Trinajstić information content (AvgIpc) is 2.25. The van der Waals surface area contributed by atoms with Crippen LogP contribution >= 0.6 is 0 Å². The van der Waals surface area contributed by atoms with E-state index in [1.807, 2.05) is 4.72 Å². The topological polar surface area (TPSA) is 115 Å². The van der Waals surface area contributed by atoms with Crippen molar-refractivity contribution in [1.29, 1.82) is 0 Å². The largest absolute Gasteiger partial charge is 0.397 e. The fraction of sp³-hybridized carbons (Fsp3) is 0.250. The summed E-state index contributed by atoms with van der Waals surface area (Å²) in [6.07, 6.45) is 0. The minimum atomic E-state index is -3.93. The lowest BCUT2D eigenvalue weighted by Gasteiger charge is -2.07. The molecule has 0 saturated carbocycles. The molecule has 17 heavy (non-hydrogen) atoms. The van der Waals surface area contributed by atoms with Gasteiger partial charge in [-0.15, -0.1) is 0 Å². The van der Waals surface area contributed by atoms with Gasteiger partial charge in [-0.2, -0.15) is 0 Å². The van der Waals surface area contributed by atoms with Crippen molar-refractivity contribution in [2.24, 2.45) is 0 Å². The molecule has 9 heteroatoms. The summed E-state index contributed by atoms with van der Waals surface area (Å²) in [7, 11) is -3.93. The maximum Gasteiger partial charge on any atom is 0.271 e. The third-order valence-electron chi connectivity index (χ3n) is 1.88. The van der Waals surface area contributed by atoms with E-state index in [2.05, 4.69) is 0 Å². The monoisotopic (exact) mass is 263 g/mol. The number of non-ortho nitro benzene ring substituents is 1. The van der Waals surface area contributed by atoms with Crippen LogP contribution in [-0.2, 0) is 10.0 Å². The van der Waals surface area contributed by atoms with E-state index in [9.17, 15) is 22.9 Å². The van der Waals surface area contributed by atoms with Crippen molar-refractivity contribution < 1.29 is 17.7 Å². The third kappa shape index (κ3) is 3.11. The SMILES string of the molecule is Nc1cc([N+](=O)[O-])ccc1S(=O)(=O)NCCF. The van der Waals surface area contributed by atoms with Crippen molar-refractivity contribution in [3.05, 3.63) is 28.3 Å². The molecule has 7 nitrogen and oxygen atoms in total. The summed E-state index contributed by atoms with van der Waals surface area (Å²) >= 11 is 0. The number of hydrogen-bond donors (Lipinski definition) is 2. The van der Waals surface area contributed by atoms with Crippen LogP contribution in [0, 0.1) is 10.1 Å². The molecule has 0 aromatic heterocycles. The molecular weight excluding hydrogens is 253 g/mol. The molecule has 0 aliphatic carbocycles. The highest BCUT2D eigenvalue weighted by molar-refractivity contribution is 7.89. The summed E-state index contributed by atoms with van der Waals surface area (Å²) in [4.78, 5) is 9.42. The zero-order valence-electron chi connectivity index (χ0n) is 8.59. The first-order chi connectivity index (χ1) is 7.88. The summed E-state index contributed by atoms with van der Waals surface area (Å²) in [5.41, 5.74) is 4.83. The van der Waals surface area contributed by atoms with Crippen LogP contribution in [0.3, 0.4) is 0 Å². The number of nitro benzene ring substituents is 1. The number of anilines is 1. The van der Waals surface area contributed by atoms with Crippen LogP contribution in [0.4, 0.5) is 15.8 Å². The van der Waals surface area contributed by atoms with Crippen LogP contribution in [0.25, 0.3) is 0 Å². The number of alkyl halides is 1. The van der Waals surface area contributed by atoms with Crippen molar-refractivity contribution in [1.82, 2.24) is 4.72 Å². The van der Waals surface area contributed by atoms with Crippen molar-refractivity contribution in [3.8, 4) is 0 Å². The van der Waals surface area contributed by atoms with E-state index >= 15 is 0 Å². The van der Waals surface area contributed by atoms with Crippen LogP contribution in [0.1, 0.15) is 0 Å². The van der Waals surface area contributed by atoms with Gasteiger partial charge in [-0.1, -0.05) is 0 Å². The highest BCUT2D eigenvalue weighted by Crippen LogP contribution is 2.23. The number of nitrogens with zero attached hydrogens (tertiary/aromatic N) is 1. The molecule has 0 atom stereocenters. The minimum absolute atomic E-state index is 0.259. The first-order valence-electron chi connectivity index (χ1n) is 4.48. The van der Waals surface area contributed by atoms with Gasteiger partial charge in [-0.25, -0.2) is 17.5 Å². The third-order valence-corrected chi connectivity index (χ3v) is 3.42. The Hall–Kier alpha value is -1.74. The second-order valence-electron chi connectivity index (χ2n) is 3.07. The molecule has 0 aliphatic heterocycles. The molecule has 3 N–H and O–H groups in total. The minimum Gasteiger partial charge on any atom is -0.397 e. The van der Waals surface area contributed by atoms with Crippen LogP contribution in [0.2, 0.25) is 0 Å². The maximum atomic E-state index is 11.9. The van der Waals surface area contributed by atoms with Gasteiger partial charge in [0, 0.05) is 18.7 Å². The summed E-state index contributed by atoms with van der Waals surface area (Å²) in [6.45, 7) is -1.23. The number of benzene rings is 1. The normalized spacial score (nSPS) is 11.4. The maximum absolute atomic E-state index is 11.9. The Labute approximate surface area is 96.6 Å². The Balaban J connectivity index is 3.12. The first-order valence-corrected chi connectivity index (χ1v) is 5.96. The average molecular weight is 263 g/mol. The van der Waals surface area contributed by atoms with E-state index in [0.29, 0.717) is 0 Å². The molecule has 1 aromatic carbocycles. The molecule has 1 rings (SSSR count). The number of halogens is 1. The lowest BCUT2D eigenvalue weighted by Crippen LogP contribution is -2.26. The Morgan fingerprint density at radius 2 is 2.12 bits per heavy atom. The quantitative estimate of drug-likeness (QED) is 0.454. The van der Waals surface area contributed by atoms with Gasteiger partial charge in [0.2, 0.25) is 10.0 Å². The molecule has 0 bridgehead atoms. The van der Waals surface area contributed by atoms with Crippen molar-refractivity contribution in [2.45, 2.75) is 4.90 Å². The van der Waals surface area contributed by atoms with E-state index in [1.165, 1.54) is 0 Å². The molecule has 0 aliphatic rings. The summed E-state index contributed by atoms with van der Waals surface area (Å²) in [6, 6.07) is 2.96. The van der Waals surface area contributed by atoms with Crippen LogP contribution in [-0.4, -0.2) is 26.6 Å². The van der Waals surface area contributed by atoms with Crippen molar-refractivity contribution >= 4 is 21.4 Å². The summed E-state index contributed by atoms with van der Waals surface area (Å²) < 4.78 is 37.0. The molecule has 1 aromatic rings. The highest BCUT2D eigenvalue weighted by Gasteiger charge is 2.19. The van der Waals surface area contributed by atoms with Gasteiger partial charge in [0.15, 0.2) is 0 Å². The molecular formula is C8H10FN3O4S. The Morgan fingerprint density at radius 3 is 2.59 bits per heavy atom. The number of nitrogens with one attached hydrogen (secondary N) is 1. The molecule has 0 saturated heterocycles. The second-order valence-corrected chi connectivity index (χ2v) is 4.80. The summed E-state index contributed by atoms with van der Waals surface area (Å²) in [5, 5.41) is 10.4. The lowest BCUT2D eigenvalue weighted by molar-refractivity contribution is -0.384. The number of sulfonamides is 1. The van der Waals surface area contributed by atoms with Crippen LogP contribution in [0.15, 0.2) is 23.1 Å². The van der Waals surface area contributed by atoms with Gasteiger partial charge in [0.25, 0.3) is 5.69 Å². The molecule has 0 spiro atoms. The van der Waals surface area contributed by atoms with Gasteiger partial charge < -0.3 is 5.73 Å². The molecule has 0 unspecified atom stereocenters. The van der Waals surface area contributed by atoms with E-state index in [-0.39, 0.29) is 22.8 Å². The van der Waals surface area contributed by atoms with Gasteiger partial charge in [-0.05, 0) is 6.07 Å². The van der Waals surface area contributed by atoms with Gasteiger partial charge in [-0.3, -0.25) is 10.1 Å². The zero-order chi connectivity index (χ0) is 13.1. The molecule has 0 fully saturated rings. The fourth-order valence-corrected chi connectivity index (χ4v) is 2.26. The van der Waals surface area contributed by atoms with Crippen molar-refractivity contribution in [2.75, 3.05) is 19.0 Å². The Kier molecular flexibility index (Phi) is 3.97. The standard InChI is InChI=1S/C8H10FN3O4S/c9-3-4-11-17(15,16)8-2-1-6(12(13)14)5-7(8)10/h1-2,5,11H,3-4,10H2. The van der Waals surface area contributed by atoms with Gasteiger partial charge >= 0.3 is 0 Å². The highest BCUT2D eigenvalue weighted by atomic mass is 32.2. The molecule has 0 amide bonds. The van der Waals surface area contributed by atoms with E-state index < -0.39 is 21.6 Å². The lowest BCUT2D eigenvalue weighted by atomic mass is 10.3. The second kappa shape index (κ2) is 5.06. The van der Waals surface area contributed by atoms with E-state index in [4.69, 9.17) is 5.73 Å². The van der Waals surface area contributed by atoms with Gasteiger partial charge in [0.1, 0.15) is 11.6 Å². The smallest absolute Gasteiger partial charge is 0.271 e. The zero-order valence-corrected chi connectivity index (χ0v) is 9.41. The number of rotatable bonds is 5. The molecule has 0 heterocycles.